The van der Waals surface area contributed by atoms with Crippen LogP contribution in [-0.4, -0.2) is 6.04 Å². The van der Waals surface area contributed by atoms with Gasteiger partial charge in [0, 0.05) is 27.5 Å². The Morgan fingerprint density at radius 1 is 1.33 bits per heavy atom. The molecule has 18 heavy (non-hydrogen) atoms. The quantitative estimate of drug-likeness (QED) is 0.868. The molecule has 0 radical (unpaired) electrons. The van der Waals surface area contributed by atoms with E-state index in [1.165, 1.54) is 12.8 Å². The molecular weight excluding hydrogens is 313 g/mol. The standard InChI is InChI=1S/C14H13BrFNS/c15-12-5-6-18-14(12)9-1-2-10(13(16)7-9)8-17-11-3-4-11/h1-2,5-7,11,17H,3-4,8H2. The summed E-state index contributed by atoms with van der Waals surface area (Å²) in [6, 6.07) is 8.09. The van der Waals surface area contributed by atoms with Gasteiger partial charge in [0.05, 0.1) is 0 Å². The minimum absolute atomic E-state index is 0.124. The number of halogens is 2. The fourth-order valence-electron chi connectivity index (χ4n) is 1.87. The summed E-state index contributed by atoms with van der Waals surface area (Å²) in [4.78, 5) is 1.08. The van der Waals surface area contributed by atoms with E-state index in [1.54, 1.807) is 17.4 Å². The van der Waals surface area contributed by atoms with Crippen molar-refractivity contribution in [3.63, 3.8) is 0 Å². The molecule has 0 amide bonds. The highest BCUT2D eigenvalue weighted by atomic mass is 79.9. The molecule has 0 bridgehead atoms. The van der Waals surface area contributed by atoms with Crippen molar-refractivity contribution in [3.8, 4) is 10.4 Å². The van der Waals surface area contributed by atoms with Crippen molar-refractivity contribution < 1.29 is 4.39 Å². The maximum Gasteiger partial charge on any atom is 0.128 e. The van der Waals surface area contributed by atoms with E-state index in [-0.39, 0.29) is 5.82 Å². The molecule has 1 saturated carbocycles. The largest absolute Gasteiger partial charge is 0.310 e. The number of thiophene rings is 1. The number of benzene rings is 1. The molecule has 0 atom stereocenters. The van der Waals surface area contributed by atoms with Gasteiger partial charge < -0.3 is 5.32 Å². The predicted octanol–water partition coefficient (Wildman–Crippen LogP) is 4.57. The summed E-state index contributed by atoms with van der Waals surface area (Å²) >= 11 is 5.10. The molecular formula is C14H13BrFNS. The lowest BCUT2D eigenvalue weighted by Crippen LogP contribution is -2.16. The SMILES string of the molecule is Fc1cc(-c2sccc2Br)ccc1CNC1CC1. The molecule has 1 heterocycles. The van der Waals surface area contributed by atoms with Crippen LogP contribution >= 0.6 is 27.3 Å². The van der Waals surface area contributed by atoms with Gasteiger partial charge in [-0.2, -0.15) is 0 Å². The van der Waals surface area contributed by atoms with Crippen LogP contribution in [0.1, 0.15) is 18.4 Å². The Kier molecular flexibility index (Phi) is 3.50. The molecule has 1 aromatic carbocycles. The van der Waals surface area contributed by atoms with Crippen molar-refractivity contribution in [2.45, 2.75) is 25.4 Å². The van der Waals surface area contributed by atoms with Crippen molar-refractivity contribution in [2.24, 2.45) is 0 Å². The number of hydrogen-bond donors (Lipinski definition) is 1. The van der Waals surface area contributed by atoms with Gasteiger partial charge in [-0.15, -0.1) is 11.3 Å². The first kappa shape index (κ1) is 12.3. The third-order valence-corrected chi connectivity index (χ3v) is 4.98. The average molecular weight is 326 g/mol. The van der Waals surface area contributed by atoms with Gasteiger partial charge in [-0.25, -0.2) is 4.39 Å². The van der Waals surface area contributed by atoms with Crippen LogP contribution in [0.2, 0.25) is 0 Å². The fourth-order valence-corrected chi connectivity index (χ4v) is 3.47. The van der Waals surface area contributed by atoms with E-state index in [9.17, 15) is 4.39 Å². The topological polar surface area (TPSA) is 12.0 Å². The van der Waals surface area contributed by atoms with Crippen LogP contribution in [-0.2, 0) is 6.54 Å². The summed E-state index contributed by atoms with van der Waals surface area (Å²) in [6.45, 7) is 0.627. The van der Waals surface area contributed by atoms with Gasteiger partial charge in [-0.3, -0.25) is 0 Å². The zero-order valence-electron chi connectivity index (χ0n) is 9.75. The van der Waals surface area contributed by atoms with E-state index >= 15 is 0 Å². The van der Waals surface area contributed by atoms with E-state index in [1.807, 2.05) is 23.6 Å². The van der Waals surface area contributed by atoms with Gasteiger partial charge in [0.15, 0.2) is 0 Å². The Balaban J connectivity index is 1.81. The molecule has 0 aliphatic heterocycles. The third kappa shape index (κ3) is 2.66. The Hall–Kier alpha value is -0.710. The molecule has 4 heteroatoms. The molecule has 1 aliphatic rings. The molecule has 1 aromatic heterocycles. The molecule has 0 unspecified atom stereocenters. The van der Waals surface area contributed by atoms with E-state index in [4.69, 9.17) is 0 Å². The first-order valence-corrected chi connectivity index (χ1v) is 7.66. The zero-order chi connectivity index (χ0) is 12.5. The minimum atomic E-state index is -0.124. The van der Waals surface area contributed by atoms with Crippen LogP contribution < -0.4 is 5.32 Å². The predicted molar refractivity (Wildman–Crippen MR) is 77.3 cm³/mol. The summed E-state index contributed by atoms with van der Waals surface area (Å²) in [5.74, 6) is -0.124. The van der Waals surface area contributed by atoms with Crippen LogP contribution in [0.5, 0.6) is 0 Å². The summed E-state index contributed by atoms with van der Waals surface area (Å²) in [6.07, 6.45) is 2.45. The first-order valence-electron chi connectivity index (χ1n) is 5.99. The van der Waals surface area contributed by atoms with Crippen molar-refractivity contribution in [1.29, 1.82) is 0 Å². The zero-order valence-corrected chi connectivity index (χ0v) is 12.2. The summed E-state index contributed by atoms with van der Waals surface area (Å²) in [5.41, 5.74) is 1.68. The highest BCUT2D eigenvalue weighted by molar-refractivity contribution is 9.10. The lowest BCUT2D eigenvalue weighted by atomic mass is 10.1. The summed E-state index contributed by atoms with van der Waals surface area (Å²) < 4.78 is 15.0. The second-order valence-electron chi connectivity index (χ2n) is 4.56. The highest BCUT2D eigenvalue weighted by Gasteiger charge is 2.20. The Labute approximate surface area is 118 Å². The van der Waals surface area contributed by atoms with Crippen LogP contribution in [0.3, 0.4) is 0 Å². The lowest BCUT2D eigenvalue weighted by Gasteiger charge is -2.06. The summed E-state index contributed by atoms with van der Waals surface area (Å²) in [7, 11) is 0. The molecule has 1 nitrogen and oxygen atoms in total. The molecule has 2 aromatic rings. The Morgan fingerprint density at radius 2 is 2.17 bits per heavy atom. The Morgan fingerprint density at radius 3 is 2.78 bits per heavy atom. The van der Waals surface area contributed by atoms with Gasteiger partial charge in [0.2, 0.25) is 0 Å². The summed E-state index contributed by atoms with van der Waals surface area (Å²) in [5, 5.41) is 5.33. The fraction of sp³-hybridized carbons (Fsp3) is 0.286. The normalized spacial score (nSPS) is 15.0. The van der Waals surface area contributed by atoms with E-state index in [0.29, 0.717) is 12.6 Å². The maximum atomic E-state index is 14.0. The Bertz CT molecular complexity index is 563. The van der Waals surface area contributed by atoms with Crippen LogP contribution in [0.15, 0.2) is 34.1 Å². The van der Waals surface area contributed by atoms with Crippen LogP contribution in [0.25, 0.3) is 10.4 Å². The number of hydrogen-bond acceptors (Lipinski definition) is 2. The van der Waals surface area contributed by atoms with E-state index in [0.717, 1.165) is 20.5 Å². The van der Waals surface area contributed by atoms with Crippen molar-refractivity contribution in [2.75, 3.05) is 0 Å². The highest BCUT2D eigenvalue weighted by Crippen LogP contribution is 2.34. The number of nitrogens with one attached hydrogen (secondary N) is 1. The molecule has 94 valence electrons. The van der Waals surface area contributed by atoms with Crippen molar-refractivity contribution in [1.82, 2.24) is 5.32 Å². The van der Waals surface area contributed by atoms with Gasteiger partial charge >= 0.3 is 0 Å². The van der Waals surface area contributed by atoms with Gasteiger partial charge in [-0.05, 0) is 51.8 Å². The molecule has 1 fully saturated rings. The average Bonchev–Trinajstić information content (AvgIpc) is 3.09. The maximum absolute atomic E-state index is 14.0. The second-order valence-corrected chi connectivity index (χ2v) is 6.33. The molecule has 1 N–H and O–H groups in total. The van der Waals surface area contributed by atoms with Crippen molar-refractivity contribution >= 4 is 27.3 Å². The monoisotopic (exact) mass is 325 g/mol. The second kappa shape index (κ2) is 5.11. The number of rotatable bonds is 4. The third-order valence-electron chi connectivity index (χ3n) is 3.09. The van der Waals surface area contributed by atoms with Crippen LogP contribution in [0, 0.1) is 5.82 Å². The minimum Gasteiger partial charge on any atom is -0.310 e. The van der Waals surface area contributed by atoms with E-state index in [2.05, 4.69) is 21.2 Å². The lowest BCUT2D eigenvalue weighted by molar-refractivity contribution is 0.587. The molecule has 0 spiro atoms. The van der Waals surface area contributed by atoms with E-state index < -0.39 is 0 Å². The first-order chi connectivity index (χ1) is 8.74. The van der Waals surface area contributed by atoms with Crippen LogP contribution in [0.4, 0.5) is 4.39 Å². The molecule has 0 saturated heterocycles. The van der Waals surface area contributed by atoms with Gasteiger partial charge in [0.1, 0.15) is 5.82 Å². The smallest absolute Gasteiger partial charge is 0.128 e. The molecule has 3 rings (SSSR count). The molecule has 1 aliphatic carbocycles. The van der Waals surface area contributed by atoms with Gasteiger partial charge in [-0.1, -0.05) is 12.1 Å². The van der Waals surface area contributed by atoms with Gasteiger partial charge in [0.25, 0.3) is 0 Å². The van der Waals surface area contributed by atoms with Crippen molar-refractivity contribution in [3.05, 3.63) is 45.5 Å².